The first-order valence-corrected chi connectivity index (χ1v) is 8.13. The van der Waals surface area contributed by atoms with Crippen LogP contribution in [0.2, 0.25) is 0 Å². The lowest BCUT2D eigenvalue weighted by atomic mass is 9.95. The van der Waals surface area contributed by atoms with Crippen molar-refractivity contribution in [1.29, 1.82) is 0 Å². The zero-order chi connectivity index (χ0) is 14.1. The average molecular weight is 351 g/mol. The van der Waals surface area contributed by atoms with Crippen molar-refractivity contribution < 1.29 is 4.79 Å². The van der Waals surface area contributed by atoms with Crippen molar-refractivity contribution in [3.8, 4) is 0 Å². The Bertz CT molecular complexity index is 653. The highest BCUT2D eigenvalue weighted by Gasteiger charge is 2.20. The van der Waals surface area contributed by atoms with E-state index in [1.54, 1.807) is 11.3 Å². The smallest absolute Gasteiger partial charge is 0.251 e. The first kappa shape index (κ1) is 13.8. The lowest BCUT2D eigenvalue weighted by molar-refractivity contribution is 0.0946. The second kappa shape index (κ2) is 5.68. The van der Waals surface area contributed by atoms with E-state index in [0.717, 1.165) is 33.4 Å². The van der Waals surface area contributed by atoms with E-state index in [1.165, 1.54) is 4.88 Å². The third-order valence-electron chi connectivity index (χ3n) is 3.56. The fourth-order valence-electron chi connectivity index (χ4n) is 2.57. The Morgan fingerprint density at radius 2 is 2.20 bits per heavy atom. The number of carbonyl (C=O) groups excluding carboxylic acids is 1. The van der Waals surface area contributed by atoms with Crippen LogP contribution in [0, 0.1) is 0 Å². The van der Waals surface area contributed by atoms with Crippen molar-refractivity contribution in [2.45, 2.75) is 12.5 Å². The molecule has 1 aliphatic rings. The van der Waals surface area contributed by atoms with E-state index in [1.807, 2.05) is 13.1 Å². The molecule has 1 atom stereocenters. The summed E-state index contributed by atoms with van der Waals surface area (Å²) in [4.78, 5) is 13.2. The Labute approximate surface area is 130 Å². The van der Waals surface area contributed by atoms with Gasteiger partial charge in [0.15, 0.2) is 0 Å². The van der Waals surface area contributed by atoms with E-state index < -0.39 is 0 Å². The summed E-state index contributed by atoms with van der Waals surface area (Å²) in [6.07, 6.45) is 0.913. The maximum atomic E-state index is 12.0. The minimum Gasteiger partial charge on any atom is -0.352 e. The summed E-state index contributed by atoms with van der Waals surface area (Å²) < 4.78 is 1.11. The van der Waals surface area contributed by atoms with Crippen LogP contribution in [-0.4, -0.2) is 19.5 Å². The quantitative estimate of drug-likeness (QED) is 0.892. The van der Waals surface area contributed by atoms with Crippen LogP contribution in [0.3, 0.4) is 0 Å². The van der Waals surface area contributed by atoms with Gasteiger partial charge in [0.2, 0.25) is 0 Å². The maximum absolute atomic E-state index is 12.0. The molecule has 3 rings (SSSR count). The van der Waals surface area contributed by atoms with Crippen LogP contribution < -0.4 is 10.6 Å². The Morgan fingerprint density at radius 1 is 1.35 bits per heavy atom. The Morgan fingerprint density at radius 3 is 2.90 bits per heavy atom. The summed E-state index contributed by atoms with van der Waals surface area (Å²) in [6, 6.07) is 10.5. The molecule has 0 bridgehead atoms. The Hall–Kier alpha value is -1.17. The lowest BCUT2D eigenvalue weighted by Crippen LogP contribution is -2.32. The highest BCUT2D eigenvalue weighted by Crippen LogP contribution is 2.32. The molecule has 0 saturated carbocycles. The van der Waals surface area contributed by atoms with Gasteiger partial charge < -0.3 is 10.6 Å². The highest BCUT2D eigenvalue weighted by molar-refractivity contribution is 9.11. The molecule has 1 aromatic heterocycles. The minimum absolute atomic E-state index is 0.0373. The maximum Gasteiger partial charge on any atom is 0.251 e. The van der Waals surface area contributed by atoms with Gasteiger partial charge in [-0.1, -0.05) is 12.1 Å². The number of hydrogen-bond acceptors (Lipinski definition) is 3. The second-order valence-corrected chi connectivity index (χ2v) is 7.28. The Kier molecular flexibility index (Phi) is 3.92. The highest BCUT2D eigenvalue weighted by atomic mass is 79.9. The number of carbonyl (C=O) groups is 1. The third kappa shape index (κ3) is 2.53. The summed E-state index contributed by atoms with van der Waals surface area (Å²) in [5.74, 6) is 0.0373. The second-order valence-electron chi connectivity index (χ2n) is 4.79. The number of amides is 1. The van der Waals surface area contributed by atoms with Crippen LogP contribution in [-0.2, 0) is 6.42 Å². The number of rotatable bonds is 3. The van der Waals surface area contributed by atoms with Gasteiger partial charge in [0.25, 0.3) is 5.91 Å². The molecule has 20 heavy (non-hydrogen) atoms. The van der Waals surface area contributed by atoms with Gasteiger partial charge in [0.1, 0.15) is 0 Å². The lowest BCUT2D eigenvalue weighted by Gasteiger charge is -2.20. The molecule has 0 radical (unpaired) electrons. The number of thiophene rings is 1. The van der Waals surface area contributed by atoms with E-state index >= 15 is 0 Å². The summed E-state index contributed by atoms with van der Waals surface area (Å²) >= 11 is 5.21. The van der Waals surface area contributed by atoms with Crippen LogP contribution in [0.5, 0.6) is 0 Å². The molecule has 3 nitrogen and oxygen atoms in total. The summed E-state index contributed by atoms with van der Waals surface area (Å²) in [5, 5.41) is 6.23. The summed E-state index contributed by atoms with van der Waals surface area (Å²) in [7, 11) is 1.94. The van der Waals surface area contributed by atoms with Crippen molar-refractivity contribution >= 4 is 33.2 Å². The van der Waals surface area contributed by atoms with Crippen molar-refractivity contribution in [2.24, 2.45) is 0 Å². The van der Waals surface area contributed by atoms with E-state index in [4.69, 9.17) is 0 Å². The standard InChI is InChI=1S/C15H15BrN2OS/c1-17-14(12-4-5-13(16)20-12)10-3-2-9-6-7-18-15(19)11(9)8-10/h2-5,8,14,17H,6-7H2,1H3,(H,18,19). The van der Waals surface area contributed by atoms with Gasteiger partial charge >= 0.3 is 0 Å². The van der Waals surface area contributed by atoms with Crippen molar-refractivity contribution in [3.05, 3.63) is 55.7 Å². The predicted molar refractivity (Wildman–Crippen MR) is 85.4 cm³/mol. The molecule has 2 heterocycles. The van der Waals surface area contributed by atoms with Crippen molar-refractivity contribution in [2.75, 3.05) is 13.6 Å². The van der Waals surface area contributed by atoms with E-state index in [-0.39, 0.29) is 11.9 Å². The fraction of sp³-hybridized carbons (Fsp3) is 0.267. The molecule has 1 unspecified atom stereocenters. The normalized spacial score (nSPS) is 15.6. The number of fused-ring (bicyclic) bond motifs is 1. The molecular weight excluding hydrogens is 336 g/mol. The van der Waals surface area contributed by atoms with Gasteiger partial charge in [-0.3, -0.25) is 4.79 Å². The van der Waals surface area contributed by atoms with Gasteiger partial charge in [0.05, 0.1) is 9.83 Å². The molecule has 0 aliphatic carbocycles. The number of halogens is 1. The van der Waals surface area contributed by atoms with Gasteiger partial charge in [0, 0.05) is 17.0 Å². The van der Waals surface area contributed by atoms with E-state index in [0.29, 0.717) is 0 Å². The molecule has 0 saturated heterocycles. The summed E-state index contributed by atoms with van der Waals surface area (Å²) in [6.45, 7) is 0.735. The predicted octanol–water partition coefficient (Wildman–Crippen LogP) is 3.11. The van der Waals surface area contributed by atoms with E-state index in [2.05, 4.69) is 50.8 Å². The fourth-order valence-corrected chi connectivity index (χ4v) is 4.13. The third-order valence-corrected chi connectivity index (χ3v) is 5.25. The number of nitrogens with one attached hydrogen (secondary N) is 2. The number of hydrogen-bond donors (Lipinski definition) is 2. The monoisotopic (exact) mass is 350 g/mol. The molecule has 0 fully saturated rings. The first-order chi connectivity index (χ1) is 9.69. The van der Waals surface area contributed by atoms with E-state index in [9.17, 15) is 4.79 Å². The molecule has 5 heteroatoms. The van der Waals surface area contributed by atoms with Gasteiger partial charge in [-0.25, -0.2) is 0 Å². The van der Waals surface area contributed by atoms with Crippen molar-refractivity contribution in [3.63, 3.8) is 0 Å². The topological polar surface area (TPSA) is 41.1 Å². The molecule has 0 spiro atoms. The summed E-state index contributed by atoms with van der Waals surface area (Å²) in [5.41, 5.74) is 3.07. The molecule has 1 aliphatic heterocycles. The average Bonchev–Trinajstić information content (AvgIpc) is 2.87. The molecule has 1 aromatic carbocycles. The van der Waals surface area contributed by atoms with Crippen LogP contribution in [0.1, 0.15) is 32.4 Å². The SMILES string of the molecule is CNC(c1ccc2c(c1)C(=O)NCC2)c1ccc(Br)s1. The number of benzene rings is 1. The van der Waals surface area contributed by atoms with Gasteiger partial charge in [-0.15, -0.1) is 11.3 Å². The van der Waals surface area contributed by atoms with Crippen molar-refractivity contribution in [1.82, 2.24) is 10.6 Å². The molecule has 2 N–H and O–H groups in total. The van der Waals surface area contributed by atoms with Gasteiger partial charge in [-0.2, -0.15) is 0 Å². The molecular formula is C15H15BrN2OS. The van der Waals surface area contributed by atoms with Crippen LogP contribution in [0.15, 0.2) is 34.1 Å². The molecule has 2 aromatic rings. The van der Waals surface area contributed by atoms with Crippen LogP contribution in [0.4, 0.5) is 0 Å². The Balaban J connectivity index is 2.00. The zero-order valence-corrected chi connectivity index (χ0v) is 13.5. The zero-order valence-electron chi connectivity index (χ0n) is 11.1. The van der Waals surface area contributed by atoms with Crippen LogP contribution in [0.25, 0.3) is 0 Å². The van der Waals surface area contributed by atoms with Gasteiger partial charge in [-0.05, 0) is 58.7 Å². The first-order valence-electron chi connectivity index (χ1n) is 6.52. The minimum atomic E-state index is 0.0373. The van der Waals surface area contributed by atoms with Crippen LogP contribution >= 0.6 is 27.3 Å². The largest absolute Gasteiger partial charge is 0.352 e. The molecule has 104 valence electrons. The molecule has 1 amide bonds.